The molecule has 7 heteroatoms. The van der Waals surface area contributed by atoms with Crippen molar-refractivity contribution in [2.45, 2.75) is 20.3 Å². The number of nitrogens with two attached hydrogens (primary N) is 1. The van der Waals surface area contributed by atoms with Crippen LogP contribution in [0.15, 0.2) is 18.5 Å². The summed E-state index contributed by atoms with van der Waals surface area (Å²) in [5, 5.41) is 4.13. The van der Waals surface area contributed by atoms with Gasteiger partial charge in [0.25, 0.3) is 5.95 Å². The van der Waals surface area contributed by atoms with E-state index in [1.807, 2.05) is 6.07 Å². The molecule has 7 nitrogen and oxygen atoms in total. The fraction of sp³-hybridized carbons (Fsp3) is 0.538. The first-order valence-corrected chi connectivity index (χ1v) is 6.88. The number of nitrogen functional groups attached to an aromatic ring is 1. The molecular formula is C13H19N7. The van der Waals surface area contributed by atoms with Gasteiger partial charge < -0.3 is 10.6 Å². The molecule has 1 saturated heterocycles. The molecule has 0 spiro atoms. The topological polar surface area (TPSA) is 85.8 Å². The lowest BCUT2D eigenvalue weighted by Gasteiger charge is -2.34. The second-order valence-electron chi connectivity index (χ2n) is 5.60. The van der Waals surface area contributed by atoms with E-state index >= 15 is 0 Å². The fourth-order valence-corrected chi connectivity index (χ4v) is 2.83. The van der Waals surface area contributed by atoms with Crippen molar-refractivity contribution in [2.24, 2.45) is 11.8 Å². The Kier molecular flexibility index (Phi) is 3.25. The highest BCUT2D eigenvalue weighted by atomic mass is 15.4. The lowest BCUT2D eigenvalue weighted by Crippen LogP contribution is -2.40. The monoisotopic (exact) mass is 273 g/mol. The van der Waals surface area contributed by atoms with Gasteiger partial charge in [0.05, 0.1) is 0 Å². The van der Waals surface area contributed by atoms with Crippen LogP contribution >= 0.6 is 0 Å². The molecule has 2 aromatic rings. The second-order valence-corrected chi connectivity index (χ2v) is 5.60. The molecule has 106 valence electrons. The van der Waals surface area contributed by atoms with Gasteiger partial charge in [-0.25, -0.2) is 4.68 Å². The molecule has 0 radical (unpaired) electrons. The molecule has 2 aromatic heterocycles. The van der Waals surface area contributed by atoms with Crippen molar-refractivity contribution in [1.29, 1.82) is 0 Å². The first-order chi connectivity index (χ1) is 9.61. The summed E-state index contributed by atoms with van der Waals surface area (Å²) in [5.74, 6) is 2.59. The van der Waals surface area contributed by atoms with E-state index in [4.69, 9.17) is 5.73 Å². The van der Waals surface area contributed by atoms with Gasteiger partial charge in [-0.1, -0.05) is 13.8 Å². The van der Waals surface area contributed by atoms with Crippen LogP contribution in [0.1, 0.15) is 20.3 Å². The quantitative estimate of drug-likeness (QED) is 0.882. The van der Waals surface area contributed by atoms with E-state index in [2.05, 4.69) is 38.8 Å². The lowest BCUT2D eigenvalue weighted by molar-refractivity contribution is 0.353. The molecule has 2 N–H and O–H groups in total. The standard InChI is InChI=1S/C13H19N7/c1-9-6-10(2)8-19(7-9)12-16-11(14)17-13(18-12)20-5-3-4-15-20/h3-5,9-10H,6-8H2,1-2H3,(H2,14,16,17,18). The van der Waals surface area contributed by atoms with Crippen molar-refractivity contribution < 1.29 is 0 Å². The van der Waals surface area contributed by atoms with Gasteiger partial charge in [0, 0.05) is 25.5 Å². The van der Waals surface area contributed by atoms with Crippen molar-refractivity contribution in [3.63, 3.8) is 0 Å². The maximum absolute atomic E-state index is 5.81. The summed E-state index contributed by atoms with van der Waals surface area (Å²) >= 11 is 0. The molecule has 20 heavy (non-hydrogen) atoms. The average molecular weight is 273 g/mol. The molecule has 0 aromatic carbocycles. The zero-order valence-electron chi connectivity index (χ0n) is 11.8. The Morgan fingerprint density at radius 2 is 1.80 bits per heavy atom. The lowest BCUT2D eigenvalue weighted by atomic mass is 9.92. The molecule has 1 aliphatic heterocycles. The van der Waals surface area contributed by atoms with Crippen molar-refractivity contribution in [1.82, 2.24) is 24.7 Å². The summed E-state index contributed by atoms with van der Waals surface area (Å²) in [5.41, 5.74) is 5.81. The first-order valence-electron chi connectivity index (χ1n) is 6.88. The van der Waals surface area contributed by atoms with Gasteiger partial charge in [-0.3, -0.25) is 0 Å². The summed E-state index contributed by atoms with van der Waals surface area (Å²) in [6.07, 6.45) is 4.72. The van der Waals surface area contributed by atoms with E-state index in [-0.39, 0.29) is 5.95 Å². The van der Waals surface area contributed by atoms with Gasteiger partial charge in [0.15, 0.2) is 0 Å². The van der Waals surface area contributed by atoms with Crippen molar-refractivity contribution >= 4 is 11.9 Å². The van der Waals surface area contributed by atoms with E-state index in [0.717, 1.165) is 13.1 Å². The van der Waals surface area contributed by atoms with E-state index < -0.39 is 0 Å². The molecular weight excluding hydrogens is 254 g/mol. The minimum atomic E-state index is 0.228. The molecule has 0 bridgehead atoms. The van der Waals surface area contributed by atoms with E-state index in [1.165, 1.54) is 6.42 Å². The smallest absolute Gasteiger partial charge is 0.257 e. The van der Waals surface area contributed by atoms with Crippen LogP contribution in [0.3, 0.4) is 0 Å². The van der Waals surface area contributed by atoms with Gasteiger partial charge in [0.2, 0.25) is 11.9 Å². The Morgan fingerprint density at radius 1 is 1.10 bits per heavy atom. The van der Waals surface area contributed by atoms with E-state index in [0.29, 0.717) is 23.7 Å². The minimum absolute atomic E-state index is 0.228. The van der Waals surface area contributed by atoms with Crippen LogP contribution in [-0.4, -0.2) is 37.8 Å². The zero-order valence-corrected chi connectivity index (χ0v) is 11.8. The summed E-state index contributed by atoms with van der Waals surface area (Å²) in [6, 6.07) is 1.82. The second kappa shape index (κ2) is 5.07. The van der Waals surface area contributed by atoms with Crippen LogP contribution in [0.25, 0.3) is 5.95 Å². The number of hydrogen-bond acceptors (Lipinski definition) is 6. The molecule has 2 atom stereocenters. The van der Waals surface area contributed by atoms with Gasteiger partial charge in [-0.05, 0) is 24.3 Å². The molecule has 0 saturated carbocycles. The third-order valence-electron chi connectivity index (χ3n) is 3.49. The van der Waals surface area contributed by atoms with Gasteiger partial charge in [0.1, 0.15) is 0 Å². The fourth-order valence-electron chi connectivity index (χ4n) is 2.83. The Morgan fingerprint density at radius 3 is 2.45 bits per heavy atom. The maximum Gasteiger partial charge on any atom is 0.257 e. The van der Waals surface area contributed by atoms with E-state index in [9.17, 15) is 0 Å². The molecule has 1 fully saturated rings. The predicted molar refractivity (Wildman–Crippen MR) is 76.5 cm³/mol. The normalized spacial score (nSPS) is 23.0. The van der Waals surface area contributed by atoms with Crippen LogP contribution in [0, 0.1) is 11.8 Å². The number of aromatic nitrogens is 5. The predicted octanol–water partition coefficient (Wildman–Crippen LogP) is 1.12. The summed E-state index contributed by atoms with van der Waals surface area (Å²) in [7, 11) is 0. The highest BCUT2D eigenvalue weighted by Crippen LogP contribution is 2.24. The number of anilines is 2. The van der Waals surface area contributed by atoms with Crippen LogP contribution in [0.5, 0.6) is 0 Å². The Labute approximate surface area is 117 Å². The third kappa shape index (κ3) is 2.56. The molecule has 1 aliphatic rings. The first kappa shape index (κ1) is 12.8. The number of rotatable bonds is 2. The van der Waals surface area contributed by atoms with Crippen molar-refractivity contribution in [2.75, 3.05) is 23.7 Å². The SMILES string of the molecule is CC1CC(C)CN(c2nc(N)nc(-n3cccn3)n2)C1. The maximum atomic E-state index is 5.81. The number of piperidine rings is 1. The van der Waals surface area contributed by atoms with Crippen LogP contribution in [0.4, 0.5) is 11.9 Å². The highest BCUT2D eigenvalue weighted by Gasteiger charge is 2.24. The summed E-state index contributed by atoms with van der Waals surface area (Å²) in [4.78, 5) is 15.1. The molecule has 3 heterocycles. The average Bonchev–Trinajstić information content (AvgIpc) is 2.90. The number of hydrogen-bond donors (Lipinski definition) is 1. The van der Waals surface area contributed by atoms with Crippen molar-refractivity contribution in [3.05, 3.63) is 18.5 Å². The largest absolute Gasteiger partial charge is 0.368 e. The van der Waals surface area contributed by atoms with Crippen LogP contribution in [-0.2, 0) is 0 Å². The minimum Gasteiger partial charge on any atom is -0.368 e. The molecule has 0 aliphatic carbocycles. The Balaban J connectivity index is 1.93. The van der Waals surface area contributed by atoms with Crippen molar-refractivity contribution in [3.8, 4) is 5.95 Å². The van der Waals surface area contributed by atoms with Crippen LogP contribution in [0.2, 0.25) is 0 Å². The Hall–Kier alpha value is -2.18. The Bertz CT molecular complexity index is 570. The highest BCUT2D eigenvalue weighted by molar-refractivity contribution is 5.38. The molecule has 0 amide bonds. The third-order valence-corrected chi connectivity index (χ3v) is 3.49. The van der Waals surface area contributed by atoms with Gasteiger partial charge >= 0.3 is 0 Å². The molecule has 2 unspecified atom stereocenters. The van der Waals surface area contributed by atoms with Crippen LogP contribution < -0.4 is 10.6 Å². The van der Waals surface area contributed by atoms with E-state index in [1.54, 1.807) is 17.1 Å². The van der Waals surface area contributed by atoms with Gasteiger partial charge in [-0.15, -0.1) is 0 Å². The van der Waals surface area contributed by atoms with Gasteiger partial charge in [-0.2, -0.15) is 20.1 Å². The molecule has 3 rings (SSSR count). The summed E-state index contributed by atoms with van der Waals surface area (Å²) in [6.45, 7) is 6.40. The number of nitrogens with zero attached hydrogens (tertiary/aromatic N) is 6. The zero-order chi connectivity index (χ0) is 14.1. The summed E-state index contributed by atoms with van der Waals surface area (Å²) < 4.78 is 1.60.